The Morgan fingerprint density at radius 3 is 2.30 bits per heavy atom. The zero-order chi connectivity index (χ0) is 19.6. The molecule has 1 aliphatic rings. The van der Waals surface area contributed by atoms with Crippen molar-refractivity contribution in [3.05, 3.63) is 52.6 Å². The van der Waals surface area contributed by atoms with Crippen molar-refractivity contribution in [3.63, 3.8) is 0 Å². The second kappa shape index (κ2) is 5.65. The minimum atomic E-state index is -0.958. The average molecular weight is 362 g/mol. The molecule has 27 heavy (non-hydrogen) atoms. The molecule has 0 saturated carbocycles. The quantitative estimate of drug-likeness (QED) is 0.712. The lowest BCUT2D eigenvalue weighted by molar-refractivity contribution is 0.0697. The smallest absolute Gasteiger partial charge is 0.335 e. The minimum absolute atomic E-state index is 0.111. The van der Waals surface area contributed by atoms with E-state index in [4.69, 9.17) is 0 Å². The molecule has 4 rings (SSSR count). The minimum Gasteiger partial charge on any atom is -0.478 e. The van der Waals surface area contributed by atoms with Gasteiger partial charge in [-0.15, -0.1) is 5.10 Å². The van der Waals surface area contributed by atoms with E-state index < -0.39 is 5.97 Å². The van der Waals surface area contributed by atoms with E-state index in [2.05, 4.69) is 57.1 Å². The number of carbonyl (C=O) groups is 1. The number of carboxylic acid groups (broad SMARTS) is 1. The number of carboxylic acids is 1. The average Bonchev–Trinajstić information content (AvgIpc) is 3.01. The van der Waals surface area contributed by atoms with E-state index in [9.17, 15) is 9.90 Å². The fraction of sp³-hybridized carbons (Fsp3) is 0.409. The Balaban J connectivity index is 1.93. The number of aromatic carboxylic acids is 1. The van der Waals surface area contributed by atoms with Crippen LogP contribution in [0.15, 0.2) is 30.3 Å². The summed E-state index contributed by atoms with van der Waals surface area (Å²) in [7, 11) is 0. The molecule has 2 aromatic carbocycles. The van der Waals surface area contributed by atoms with E-state index in [0.717, 1.165) is 23.2 Å². The Labute approximate surface area is 159 Å². The standard InChI is InChI=1S/C22H25N3O2/c1-13-10-15-16(22(4,5)9-8-21(15,2)3)12-19(13)25-18-7-6-14(20(26)27)11-17(18)23-24-25/h6-7,10-12H,8-9H2,1-5H3,(H,26,27)/i20-1. The first-order valence-corrected chi connectivity index (χ1v) is 9.35. The number of fused-ring (bicyclic) bond motifs is 2. The fourth-order valence-corrected chi connectivity index (χ4v) is 4.17. The van der Waals surface area contributed by atoms with Crippen LogP contribution in [0, 0.1) is 6.92 Å². The number of aryl methyl sites for hydroxylation is 1. The van der Waals surface area contributed by atoms with Crippen molar-refractivity contribution in [1.29, 1.82) is 0 Å². The van der Waals surface area contributed by atoms with Gasteiger partial charge in [-0.2, -0.15) is 0 Å². The normalized spacial score (nSPS) is 17.7. The summed E-state index contributed by atoms with van der Waals surface area (Å²) in [4.78, 5) is 11.2. The van der Waals surface area contributed by atoms with E-state index in [0.29, 0.717) is 5.52 Å². The number of hydrogen-bond donors (Lipinski definition) is 1. The Morgan fingerprint density at radius 1 is 1.04 bits per heavy atom. The number of rotatable bonds is 2. The van der Waals surface area contributed by atoms with Gasteiger partial charge in [0.15, 0.2) is 0 Å². The largest absolute Gasteiger partial charge is 0.478 e. The first-order chi connectivity index (χ1) is 12.6. The van der Waals surface area contributed by atoms with Crippen LogP contribution in [0.5, 0.6) is 0 Å². The van der Waals surface area contributed by atoms with E-state index in [1.807, 2.05) is 4.68 Å². The number of nitrogens with zero attached hydrogens (tertiary/aromatic N) is 3. The summed E-state index contributed by atoms with van der Waals surface area (Å²) in [5, 5.41) is 17.7. The number of hydrogen-bond acceptors (Lipinski definition) is 3. The van der Waals surface area contributed by atoms with Crippen molar-refractivity contribution in [2.45, 2.75) is 58.3 Å². The summed E-state index contributed by atoms with van der Waals surface area (Å²) < 4.78 is 1.83. The van der Waals surface area contributed by atoms with Crippen LogP contribution in [0.2, 0.25) is 0 Å². The molecule has 140 valence electrons. The Bertz CT molecular complexity index is 1080. The first kappa shape index (κ1) is 17.7. The lowest BCUT2D eigenvalue weighted by Gasteiger charge is -2.42. The summed E-state index contributed by atoms with van der Waals surface area (Å²) in [5.41, 5.74) is 6.83. The van der Waals surface area contributed by atoms with Crippen LogP contribution in [0.3, 0.4) is 0 Å². The van der Waals surface area contributed by atoms with Crippen LogP contribution in [0.4, 0.5) is 0 Å². The van der Waals surface area contributed by atoms with Crippen molar-refractivity contribution in [1.82, 2.24) is 15.0 Å². The first-order valence-electron chi connectivity index (χ1n) is 9.35. The van der Waals surface area contributed by atoms with Gasteiger partial charge >= 0.3 is 5.97 Å². The van der Waals surface area contributed by atoms with Crippen LogP contribution in [-0.4, -0.2) is 26.1 Å². The van der Waals surface area contributed by atoms with Crippen LogP contribution in [0.25, 0.3) is 16.7 Å². The highest BCUT2D eigenvalue weighted by Gasteiger charge is 2.37. The van der Waals surface area contributed by atoms with Gasteiger partial charge in [-0.25, -0.2) is 9.48 Å². The molecule has 0 spiro atoms. The maximum Gasteiger partial charge on any atom is 0.335 e. The van der Waals surface area contributed by atoms with Gasteiger partial charge in [-0.1, -0.05) is 39.0 Å². The predicted octanol–water partition coefficient (Wildman–Crippen LogP) is 4.78. The summed E-state index contributed by atoms with van der Waals surface area (Å²) >= 11 is 0. The molecular formula is C22H25N3O2. The molecule has 0 fully saturated rings. The molecule has 3 aromatic rings. The van der Waals surface area contributed by atoms with E-state index in [1.165, 1.54) is 17.5 Å². The molecule has 0 radical (unpaired) electrons. The Kier molecular flexibility index (Phi) is 3.71. The Hall–Kier alpha value is -2.69. The van der Waals surface area contributed by atoms with E-state index in [1.54, 1.807) is 18.2 Å². The van der Waals surface area contributed by atoms with Crippen LogP contribution in [-0.2, 0) is 10.8 Å². The molecule has 1 aromatic heterocycles. The lowest BCUT2D eigenvalue weighted by atomic mass is 9.63. The third kappa shape index (κ3) is 2.73. The topological polar surface area (TPSA) is 68.0 Å². The van der Waals surface area contributed by atoms with Gasteiger partial charge < -0.3 is 5.11 Å². The summed E-state index contributed by atoms with van der Waals surface area (Å²) in [5.74, 6) is -0.958. The van der Waals surface area contributed by atoms with Crippen molar-refractivity contribution >= 4 is 17.0 Å². The molecule has 0 bridgehead atoms. The van der Waals surface area contributed by atoms with Crippen molar-refractivity contribution in [2.24, 2.45) is 0 Å². The zero-order valence-corrected chi connectivity index (χ0v) is 16.5. The van der Waals surface area contributed by atoms with Crippen molar-refractivity contribution in [3.8, 4) is 5.69 Å². The maximum absolute atomic E-state index is 11.2. The van der Waals surface area contributed by atoms with Gasteiger partial charge in [0.1, 0.15) is 5.52 Å². The molecule has 0 saturated heterocycles. The van der Waals surface area contributed by atoms with E-state index >= 15 is 0 Å². The molecule has 1 heterocycles. The monoisotopic (exact) mass is 362 g/mol. The van der Waals surface area contributed by atoms with Crippen LogP contribution < -0.4 is 0 Å². The number of benzene rings is 2. The van der Waals surface area contributed by atoms with Crippen LogP contribution in [0.1, 0.15) is 67.6 Å². The molecule has 0 aliphatic heterocycles. The van der Waals surface area contributed by atoms with Gasteiger partial charge in [-0.3, -0.25) is 0 Å². The summed E-state index contributed by atoms with van der Waals surface area (Å²) in [6.07, 6.45) is 2.32. The summed E-state index contributed by atoms with van der Waals surface area (Å²) in [6, 6.07) is 9.51. The second-order valence-electron chi connectivity index (χ2n) is 8.96. The third-order valence-corrected chi connectivity index (χ3v) is 6.09. The molecule has 5 nitrogen and oxygen atoms in total. The maximum atomic E-state index is 11.2. The van der Waals surface area contributed by atoms with Gasteiger partial charge in [0.2, 0.25) is 0 Å². The molecule has 5 heteroatoms. The third-order valence-electron chi connectivity index (χ3n) is 6.09. The Morgan fingerprint density at radius 2 is 1.67 bits per heavy atom. The second-order valence-corrected chi connectivity index (χ2v) is 8.96. The molecule has 0 amide bonds. The van der Waals surface area contributed by atoms with Gasteiger partial charge in [0.05, 0.1) is 16.8 Å². The highest BCUT2D eigenvalue weighted by molar-refractivity contribution is 5.92. The predicted molar refractivity (Wildman–Crippen MR) is 106 cm³/mol. The van der Waals surface area contributed by atoms with Gasteiger partial charge in [0.25, 0.3) is 0 Å². The molecule has 0 atom stereocenters. The van der Waals surface area contributed by atoms with Gasteiger partial charge in [-0.05, 0) is 71.6 Å². The SMILES string of the molecule is Cc1cc2c(cc1-n1nnc3cc([11C](=O)O)ccc31)C(C)(C)CCC2(C)C. The van der Waals surface area contributed by atoms with E-state index in [-0.39, 0.29) is 16.4 Å². The van der Waals surface area contributed by atoms with Crippen molar-refractivity contribution in [2.75, 3.05) is 0 Å². The lowest BCUT2D eigenvalue weighted by Crippen LogP contribution is -2.34. The molecule has 1 aliphatic carbocycles. The summed E-state index contributed by atoms with van der Waals surface area (Å²) in [6.45, 7) is 11.3. The molecular weight excluding hydrogens is 337 g/mol. The number of aromatic nitrogens is 3. The van der Waals surface area contributed by atoms with Crippen molar-refractivity contribution < 1.29 is 9.90 Å². The van der Waals surface area contributed by atoms with Crippen LogP contribution >= 0.6 is 0 Å². The molecule has 0 unspecified atom stereocenters. The molecule has 1 N–H and O–H groups in total. The zero-order valence-electron chi connectivity index (χ0n) is 16.5. The van der Waals surface area contributed by atoms with Gasteiger partial charge in [0, 0.05) is 0 Å². The highest BCUT2D eigenvalue weighted by atomic mass is 16.3. The fourth-order valence-electron chi connectivity index (χ4n) is 4.17. The highest BCUT2D eigenvalue weighted by Crippen LogP contribution is 2.47.